The Morgan fingerprint density at radius 1 is 1.43 bits per heavy atom. The molecule has 3 nitrogen and oxygen atoms in total. The van der Waals surface area contributed by atoms with Crippen LogP contribution in [0, 0.1) is 18.7 Å². The predicted molar refractivity (Wildman–Crippen MR) is 81.9 cm³/mol. The van der Waals surface area contributed by atoms with Crippen LogP contribution < -0.4 is 0 Å². The molecule has 4 heteroatoms. The highest BCUT2D eigenvalue weighted by Crippen LogP contribution is 2.31. The number of amides is 1. The second-order valence-electron chi connectivity index (χ2n) is 5.98. The van der Waals surface area contributed by atoms with Gasteiger partial charge in [0.2, 0.25) is 0 Å². The maximum Gasteiger partial charge on any atom is 0.270 e. The molecular weight excluding hydrogens is 267 g/mol. The van der Waals surface area contributed by atoms with Crippen LogP contribution in [-0.4, -0.2) is 28.9 Å². The molecule has 1 heterocycles. The summed E-state index contributed by atoms with van der Waals surface area (Å²) in [7, 11) is 0. The summed E-state index contributed by atoms with van der Waals surface area (Å²) in [5, 5.41) is 0.793. The standard InChI is InChI=1S/C17H21FN2O/c1-3-9-20(10-12-7-8-12)17(21)15-11(2)13-5-4-6-14(18)16(13)19-15/h4-6,12,19H,3,7-10H2,1-2H3. The molecule has 0 aliphatic heterocycles. The number of aryl methyl sites for hydroxylation is 1. The van der Waals surface area contributed by atoms with Gasteiger partial charge in [0, 0.05) is 18.5 Å². The van der Waals surface area contributed by atoms with Gasteiger partial charge in [-0.05, 0) is 43.7 Å². The van der Waals surface area contributed by atoms with Crippen molar-refractivity contribution in [1.29, 1.82) is 0 Å². The molecule has 2 aromatic rings. The molecule has 1 aromatic carbocycles. The first-order valence-electron chi connectivity index (χ1n) is 7.68. The van der Waals surface area contributed by atoms with Crippen LogP contribution in [0.3, 0.4) is 0 Å². The van der Waals surface area contributed by atoms with Crippen molar-refractivity contribution < 1.29 is 9.18 Å². The Hall–Kier alpha value is -1.84. The van der Waals surface area contributed by atoms with Crippen molar-refractivity contribution in [1.82, 2.24) is 9.88 Å². The highest BCUT2D eigenvalue weighted by molar-refractivity contribution is 6.01. The molecule has 1 amide bonds. The second-order valence-corrected chi connectivity index (χ2v) is 5.98. The number of para-hydroxylation sites is 1. The van der Waals surface area contributed by atoms with Crippen LogP contribution in [0.5, 0.6) is 0 Å². The maximum absolute atomic E-state index is 13.9. The zero-order valence-electron chi connectivity index (χ0n) is 12.6. The number of halogens is 1. The SMILES string of the molecule is CCCN(CC1CC1)C(=O)c1[nH]c2c(F)cccc2c1C. The van der Waals surface area contributed by atoms with Gasteiger partial charge in [-0.25, -0.2) is 4.39 Å². The zero-order valence-corrected chi connectivity index (χ0v) is 12.6. The number of aromatic amines is 1. The molecule has 21 heavy (non-hydrogen) atoms. The summed E-state index contributed by atoms with van der Waals surface area (Å²) < 4.78 is 13.9. The Labute approximate surface area is 124 Å². The molecule has 0 radical (unpaired) electrons. The van der Waals surface area contributed by atoms with E-state index in [1.165, 1.54) is 18.9 Å². The van der Waals surface area contributed by atoms with Crippen LogP contribution in [0.25, 0.3) is 10.9 Å². The maximum atomic E-state index is 13.9. The van der Waals surface area contributed by atoms with Crippen molar-refractivity contribution in [3.05, 3.63) is 35.3 Å². The van der Waals surface area contributed by atoms with Crippen LogP contribution in [0.15, 0.2) is 18.2 Å². The van der Waals surface area contributed by atoms with E-state index in [4.69, 9.17) is 0 Å². The van der Waals surface area contributed by atoms with E-state index in [9.17, 15) is 9.18 Å². The highest BCUT2D eigenvalue weighted by atomic mass is 19.1. The second kappa shape index (κ2) is 5.51. The number of rotatable bonds is 5. The molecule has 112 valence electrons. The monoisotopic (exact) mass is 288 g/mol. The van der Waals surface area contributed by atoms with Crippen LogP contribution in [0.2, 0.25) is 0 Å². The van der Waals surface area contributed by atoms with Gasteiger partial charge in [-0.2, -0.15) is 0 Å². The van der Waals surface area contributed by atoms with E-state index in [1.807, 2.05) is 17.9 Å². The minimum Gasteiger partial charge on any atom is -0.348 e. The van der Waals surface area contributed by atoms with Crippen LogP contribution in [-0.2, 0) is 0 Å². The average Bonchev–Trinajstić information content (AvgIpc) is 3.22. The first-order valence-corrected chi connectivity index (χ1v) is 7.68. The molecular formula is C17H21FN2O. The van der Waals surface area contributed by atoms with E-state index >= 15 is 0 Å². The quantitative estimate of drug-likeness (QED) is 0.890. The van der Waals surface area contributed by atoms with Gasteiger partial charge in [0.25, 0.3) is 5.91 Å². The van der Waals surface area contributed by atoms with Gasteiger partial charge in [-0.15, -0.1) is 0 Å². The third-order valence-electron chi connectivity index (χ3n) is 4.21. The zero-order chi connectivity index (χ0) is 15.0. The largest absolute Gasteiger partial charge is 0.348 e. The van der Waals surface area contributed by atoms with Crippen molar-refractivity contribution in [2.24, 2.45) is 5.92 Å². The number of hydrogen-bond acceptors (Lipinski definition) is 1. The lowest BCUT2D eigenvalue weighted by atomic mass is 10.1. The van der Waals surface area contributed by atoms with Gasteiger partial charge < -0.3 is 9.88 Å². The molecule has 0 unspecified atom stereocenters. The number of benzene rings is 1. The lowest BCUT2D eigenvalue weighted by Gasteiger charge is -2.21. The van der Waals surface area contributed by atoms with Gasteiger partial charge in [0.15, 0.2) is 0 Å². The molecule has 1 aromatic heterocycles. The fourth-order valence-electron chi connectivity index (χ4n) is 2.85. The number of hydrogen-bond donors (Lipinski definition) is 1. The number of H-pyrrole nitrogens is 1. The van der Waals surface area contributed by atoms with Crippen molar-refractivity contribution in [2.45, 2.75) is 33.1 Å². The number of carbonyl (C=O) groups excluding carboxylic acids is 1. The van der Waals surface area contributed by atoms with E-state index in [2.05, 4.69) is 11.9 Å². The molecule has 1 saturated carbocycles. The Bertz CT molecular complexity index is 673. The van der Waals surface area contributed by atoms with Crippen LogP contribution in [0.4, 0.5) is 4.39 Å². The molecule has 3 rings (SSSR count). The minimum atomic E-state index is -0.307. The molecule has 1 aliphatic rings. The highest BCUT2D eigenvalue weighted by Gasteiger charge is 2.28. The summed E-state index contributed by atoms with van der Waals surface area (Å²) in [5.74, 6) is 0.345. The summed E-state index contributed by atoms with van der Waals surface area (Å²) in [6, 6.07) is 4.95. The smallest absolute Gasteiger partial charge is 0.270 e. The number of carbonyl (C=O) groups is 1. The Morgan fingerprint density at radius 3 is 2.81 bits per heavy atom. The molecule has 1 N–H and O–H groups in total. The summed E-state index contributed by atoms with van der Waals surface area (Å²) in [5.41, 5.74) is 1.80. The van der Waals surface area contributed by atoms with Gasteiger partial charge in [0.05, 0.1) is 5.52 Å². The first kappa shape index (κ1) is 14.1. The van der Waals surface area contributed by atoms with Crippen molar-refractivity contribution >= 4 is 16.8 Å². The summed E-state index contributed by atoms with van der Waals surface area (Å²) in [6.45, 7) is 5.54. The first-order chi connectivity index (χ1) is 10.1. The third-order valence-corrected chi connectivity index (χ3v) is 4.21. The van der Waals surface area contributed by atoms with Crippen molar-refractivity contribution in [3.8, 4) is 0 Å². The van der Waals surface area contributed by atoms with Gasteiger partial charge in [-0.3, -0.25) is 4.79 Å². The van der Waals surface area contributed by atoms with E-state index in [-0.39, 0.29) is 11.7 Å². The van der Waals surface area contributed by atoms with E-state index in [0.29, 0.717) is 17.1 Å². The van der Waals surface area contributed by atoms with E-state index < -0.39 is 0 Å². The van der Waals surface area contributed by atoms with Gasteiger partial charge in [0.1, 0.15) is 11.5 Å². The summed E-state index contributed by atoms with van der Waals surface area (Å²) in [6.07, 6.45) is 3.37. The Kier molecular flexibility index (Phi) is 3.70. The lowest BCUT2D eigenvalue weighted by molar-refractivity contribution is 0.0742. The molecule has 1 aliphatic carbocycles. The molecule has 0 atom stereocenters. The van der Waals surface area contributed by atoms with Gasteiger partial charge in [-0.1, -0.05) is 19.1 Å². The summed E-state index contributed by atoms with van der Waals surface area (Å²) in [4.78, 5) is 17.7. The van der Waals surface area contributed by atoms with E-state index in [1.54, 1.807) is 6.07 Å². The van der Waals surface area contributed by atoms with Crippen molar-refractivity contribution in [3.63, 3.8) is 0 Å². The number of aromatic nitrogens is 1. The minimum absolute atomic E-state index is 0.00292. The van der Waals surface area contributed by atoms with Crippen LogP contribution in [0.1, 0.15) is 42.2 Å². The van der Waals surface area contributed by atoms with E-state index in [0.717, 1.165) is 30.5 Å². The van der Waals surface area contributed by atoms with Crippen LogP contribution >= 0.6 is 0 Å². The topological polar surface area (TPSA) is 36.1 Å². The van der Waals surface area contributed by atoms with Gasteiger partial charge >= 0.3 is 0 Å². The Balaban J connectivity index is 1.95. The fourth-order valence-corrected chi connectivity index (χ4v) is 2.85. The fraction of sp³-hybridized carbons (Fsp3) is 0.471. The van der Waals surface area contributed by atoms with Crippen molar-refractivity contribution in [2.75, 3.05) is 13.1 Å². The number of fused-ring (bicyclic) bond motifs is 1. The normalized spacial score (nSPS) is 14.6. The predicted octanol–water partition coefficient (Wildman–Crippen LogP) is 3.88. The number of nitrogens with one attached hydrogen (secondary N) is 1. The Morgan fingerprint density at radius 2 is 2.19 bits per heavy atom. The number of nitrogens with zero attached hydrogens (tertiary/aromatic N) is 1. The summed E-state index contributed by atoms with van der Waals surface area (Å²) >= 11 is 0. The average molecular weight is 288 g/mol. The molecule has 0 spiro atoms. The third kappa shape index (κ3) is 2.67. The molecule has 0 bridgehead atoms. The lowest BCUT2D eigenvalue weighted by Crippen LogP contribution is -2.34. The molecule has 0 saturated heterocycles. The molecule has 1 fully saturated rings.